The molecule has 39 heteroatoms. The van der Waals surface area contributed by atoms with Crippen LogP contribution in [0.1, 0.15) is 0 Å². The molecule has 0 unspecified atom stereocenters. The molecule has 0 aliphatic rings. The summed E-state index contributed by atoms with van der Waals surface area (Å²) in [6.45, 7) is 0. The molecule has 237 valence electrons. The topological polar surface area (TPSA) is 415 Å². The van der Waals surface area contributed by atoms with Crippen molar-refractivity contribution in [1.29, 1.82) is 0 Å². The summed E-state index contributed by atoms with van der Waals surface area (Å²) in [5.74, 6) is 0. The van der Waals surface area contributed by atoms with Crippen LogP contribution in [-0.2, 0) is 154 Å². The maximum atomic E-state index is 10.2. The largest absolute Gasteiger partial charge is 2.00 e. The summed E-state index contributed by atoms with van der Waals surface area (Å²) in [6.07, 6.45) is 0. The van der Waals surface area contributed by atoms with Gasteiger partial charge >= 0.3 is 154 Å². The summed E-state index contributed by atoms with van der Waals surface area (Å²) < 4.78 is 61.0. The van der Waals surface area contributed by atoms with E-state index in [0.717, 1.165) is 0 Å². The summed E-state index contributed by atoms with van der Waals surface area (Å²) in [7, 11) is -35.2. The average Bonchev–Trinajstić information content (AvgIpc) is 1.94. The van der Waals surface area contributed by atoms with Gasteiger partial charge in [-0.25, -0.2) is 0 Å². The van der Waals surface area contributed by atoms with Gasteiger partial charge in [-0.05, 0) is 0 Å². The van der Waals surface area contributed by atoms with Crippen molar-refractivity contribution >= 4 is 54.8 Å². The van der Waals surface area contributed by atoms with Gasteiger partial charge < -0.3 is 111 Å². The molecule has 0 saturated heterocycles. The standard InChI is InChI=1S/6FO3Si.9Mn/c6*1-5(2,3)4;;;;;;;;;/q6*-3;9*+2. The Balaban J connectivity index is -0.0000000130. The molecule has 0 atom stereocenters. The summed E-state index contributed by atoms with van der Waals surface area (Å²) >= 11 is 0. The molecule has 0 N–H and O–H groups in total. The Bertz CT molecular complexity index is 258. The molecule has 0 rings (SSSR count). The molecule has 9 radical (unpaired) electrons. The van der Waals surface area contributed by atoms with Crippen molar-refractivity contribution in [2.24, 2.45) is 0 Å². The minimum atomic E-state index is -5.86. The van der Waals surface area contributed by atoms with Crippen molar-refractivity contribution in [2.75, 3.05) is 0 Å². The van der Waals surface area contributed by atoms with Crippen LogP contribution >= 0.6 is 0 Å². The molecule has 0 aromatic carbocycles. The number of hydrogen-bond donors (Lipinski definition) is 0. The normalized spacial score (nSPS) is 9.23. The molecule has 0 bridgehead atoms. The van der Waals surface area contributed by atoms with Gasteiger partial charge in [0.25, 0.3) is 0 Å². The van der Waals surface area contributed by atoms with Crippen molar-refractivity contribution in [3.63, 3.8) is 0 Å². The van der Waals surface area contributed by atoms with Crippen LogP contribution in [0.4, 0.5) is 24.6 Å². The van der Waals surface area contributed by atoms with Crippen LogP contribution < -0.4 is 86.3 Å². The number of rotatable bonds is 0. The molecule has 0 amide bonds. The van der Waals surface area contributed by atoms with E-state index in [1.54, 1.807) is 0 Å². The SMILES string of the molecule is [Mn+2].[Mn+2].[Mn+2].[Mn+2].[Mn+2].[Mn+2].[Mn+2].[Mn+2].[Mn+2].[O-][Si]([O-])([O-])F.[O-][Si]([O-])([O-])F.[O-][Si]([O-])([O-])F.[O-][Si]([O-])([O-])F.[O-][Si]([O-])([O-])F.[O-][Si]([O-])([O-])F. The molecule has 39 heavy (non-hydrogen) atoms. The second-order valence-electron chi connectivity index (χ2n) is 2.89. The van der Waals surface area contributed by atoms with Gasteiger partial charge in [-0.15, -0.1) is 0 Å². The molecule has 0 spiro atoms. The first-order valence-corrected chi connectivity index (χ1v) is 14.4. The first kappa shape index (κ1) is 96.7. The van der Waals surface area contributed by atoms with Gasteiger partial charge in [0, 0.05) is 0 Å². The van der Waals surface area contributed by atoms with E-state index in [4.69, 9.17) is 86.3 Å². The third-order valence-electron chi connectivity index (χ3n) is 0. The van der Waals surface area contributed by atoms with E-state index >= 15 is 0 Å². The zero-order valence-corrected chi connectivity index (χ0v) is 32.6. The molecule has 0 aromatic heterocycles. The molecular formula is F6Mn9O18Si6. The van der Waals surface area contributed by atoms with Crippen LogP contribution in [0.25, 0.3) is 0 Å². The Morgan fingerprint density at radius 1 is 0.179 bits per heavy atom. The van der Waals surface area contributed by atoms with E-state index in [-0.39, 0.29) is 154 Å². The van der Waals surface area contributed by atoms with E-state index in [0.29, 0.717) is 0 Å². The number of halogens is 6. The smallest absolute Gasteiger partial charge is 0.857 e. The Labute approximate surface area is 316 Å². The van der Waals surface area contributed by atoms with E-state index in [9.17, 15) is 24.6 Å². The van der Waals surface area contributed by atoms with E-state index in [2.05, 4.69) is 0 Å². The van der Waals surface area contributed by atoms with Crippen molar-refractivity contribution < 1.29 is 265 Å². The molecule has 0 heterocycles. The predicted molar refractivity (Wildman–Crippen MR) is 41.2 cm³/mol. The molecule has 0 fully saturated rings. The molecule has 18 nitrogen and oxygen atoms in total. The third kappa shape index (κ3) is 3050. The zero-order valence-electron chi connectivity index (χ0n) is 16.0. The van der Waals surface area contributed by atoms with E-state index < -0.39 is 54.8 Å². The van der Waals surface area contributed by atoms with Crippen LogP contribution in [0.3, 0.4) is 0 Å². The molecule has 0 aliphatic heterocycles. The van der Waals surface area contributed by atoms with Gasteiger partial charge in [0.15, 0.2) is 0 Å². The van der Waals surface area contributed by atoms with Crippen LogP contribution in [0.5, 0.6) is 0 Å². The minimum absolute atomic E-state index is 0. The van der Waals surface area contributed by atoms with Crippen LogP contribution in [0.15, 0.2) is 0 Å². The second kappa shape index (κ2) is 45.0. The third-order valence-corrected chi connectivity index (χ3v) is 0. The monoisotopic (exact) mass is 1060 g/mol. The number of hydrogen-bond acceptors (Lipinski definition) is 18. The van der Waals surface area contributed by atoms with Crippen LogP contribution in [0.2, 0.25) is 0 Å². The Morgan fingerprint density at radius 3 is 0.179 bits per heavy atom. The fourth-order valence-corrected chi connectivity index (χ4v) is 0. The molecule has 0 aliphatic carbocycles. The first-order valence-electron chi connectivity index (χ1n) is 4.81. The summed E-state index contributed by atoms with van der Waals surface area (Å²) in [5, 5.41) is 0. The van der Waals surface area contributed by atoms with Gasteiger partial charge in [0.2, 0.25) is 0 Å². The van der Waals surface area contributed by atoms with Crippen molar-refractivity contribution in [2.45, 2.75) is 0 Å². The zero-order chi connectivity index (χ0) is 27.0. The van der Waals surface area contributed by atoms with E-state index in [1.165, 1.54) is 0 Å². The van der Waals surface area contributed by atoms with Gasteiger partial charge in [-0.2, -0.15) is 0 Å². The summed E-state index contributed by atoms with van der Waals surface area (Å²) in [6, 6.07) is 0. The van der Waals surface area contributed by atoms with Crippen molar-refractivity contribution in [1.82, 2.24) is 0 Å². The Morgan fingerprint density at radius 2 is 0.179 bits per heavy atom. The average molecular weight is 1060 g/mol. The molecular weight excluding hydrogens is 1060 g/mol. The predicted octanol–water partition coefficient (Wildman–Crippen LogP) is -21.2. The summed E-state index contributed by atoms with van der Waals surface area (Å²) in [5.41, 5.74) is 0. The van der Waals surface area contributed by atoms with Gasteiger partial charge in [-0.3, -0.25) is 0 Å². The fraction of sp³-hybridized carbons (Fsp3) is 0. The Kier molecular flexibility index (Phi) is 112. The minimum Gasteiger partial charge on any atom is -0.857 e. The van der Waals surface area contributed by atoms with Crippen LogP contribution in [0, 0.1) is 0 Å². The van der Waals surface area contributed by atoms with Crippen molar-refractivity contribution in [3.05, 3.63) is 0 Å². The Hall–Kier alpha value is 4.84. The fourth-order valence-electron chi connectivity index (χ4n) is 0. The maximum absolute atomic E-state index is 10.2. The first-order chi connectivity index (χ1) is 12.0. The van der Waals surface area contributed by atoms with Crippen molar-refractivity contribution in [3.8, 4) is 0 Å². The van der Waals surface area contributed by atoms with Gasteiger partial charge in [0.05, 0.1) is 0 Å². The van der Waals surface area contributed by atoms with Gasteiger partial charge in [-0.1, -0.05) is 54.8 Å². The molecule has 0 saturated carbocycles. The summed E-state index contributed by atoms with van der Waals surface area (Å²) in [4.78, 5) is 152. The van der Waals surface area contributed by atoms with Crippen LogP contribution in [-0.4, -0.2) is 54.8 Å². The maximum Gasteiger partial charge on any atom is 2.00 e. The second-order valence-corrected chi connectivity index (χ2v) is 8.67. The quantitative estimate of drug-likeness (QED) is 0.123. The molecule has 0 aromatic rings. The van der Waals surface area contributed by atoms with E-state index in [1.807, 2.05) is 0 Å². The van der Waals surface area contributed by atoms with Gasteiger partial charge in [0.1, 0.15) is 0 Å².